The maximum atomic E-state index is 13.4. The van der Waals surface area contributed by atoms with Crippen LogP contribution in [0.1, 0.15) is 10.4 Å². The second-order valence-electron chi connectivity index (χ2n) is 5.20. The molecule has 2 N–H and O–H groups in total. The van der Waals surface area contributed by atoms with Crippen molar-refractivity contribution in [2.75, 3.05) is 5.32 Å². The van der Waals surface area contributed by atoms with Crippen LogP contribution in [0.2, 0.25) is 0 Å². The van der Waals surface area contributed by atoms with Crippen molar-refractivity contribution in [1.82, 2.24) is 5.32 Å². The van der Waals surface area contributed by atoms with E-state index in [0.29, 0.717) is 6.07 Å². The zero-order chi connectivity index (χ0) is 19.6. The third kappa shape index (κ3) is 3.89. The molecule has 10 heteroatoms. The van der Waals surface area contributed by atoms with Crippen LogP contribution in [0, 0.1) is 5.82 Å². The molecule has 3 nitrogen and oxygen atoms in total. The molecule has 0 aromatic heterocycles. The number of hydrogen-bond donors (Lipinski definition) is 2. The number of alkyl halides is 6. The van der Waals surface area contributed by atoms with E-state index in [-0.39, 0.29) is 0 Å². The minimum absolute atomic E-state index is 0.411. The first-order chi connectivity index (χ1) is 12.0. The smallest absolute Gasteiger partial charge is 0.348 e. The van der Waals surface area contributed by atoms with Crippen LogP contribution < -0.4 is 10.6 Å². The highest BCUT2D eigenvalue weighted by molar-refractivity contribution is 5.95. The summed E-state index contributed by atoms with van der Waals surface area (Å²) in [6.45, 7) is 0. The summed E-state index contributed by atoms with van der Waals surface area (Å²) >= 11 is 0. The lowest BCUT2D eigenvalue weighted by molar-refractivity contribution is -0.294. The van der Waals surface area contributed by atoms with Crippen molar-refractivity contribution in [3.63, 3.8) is 0 Å². The van der Waals surface area contributed by atoms with Crippen LogP contribution >= 0.6 is 0 Å². The summed E-state index contributed by atoms with van der Waals surface area (Å²) in [5.74, 6) is -2.66. The first kappa shape index (κ1) is 19.5. The number of carbonyl (C=O) groups excluding carboxylic acids is 1. The van der Waals surface area contributed by atoms with Crippen LogP contribution in [0.3, 0.4) is 0 Å². The van der Waals surface area contributed by atoms with Crippen LogP contribution in [0.5, 0.6) is 0 Å². The topological polar surface area (TPSA) is 41.1 Å². The molecule has 0 aliphatic heterocycles. The fourth-order valence-corrected chi connectivity index (χ4v) is 2.09. The highest BCUT2D eigenvalue weighted by atomic mass is 19.4. The van der Waals surface area contributed by atoms with Crippen molar-refractivity contribution in [3.05, 3.63) is 66.0 Å². The second-order valence-corrected chi connectivity index (χ2v) is 5.20. The average Bonchev–Trinajstić information content (AvgIpc) is 2.53. The van der Waals surface area contributed by atoms with Gasteiger partial charge in [0.15, 0.2) is 0 Å². The molecule has 0 saturated carbocycles. The van der Waals surface area contributed by atoms with Gasteiger partial charge in [-0.2, -0.15) is 26.3 Å². The Hall–Kier alpha value is -2.78. The van der Waals surface area contributed by atoms with Crippen LogP contribution in [0.25, 0.3) is 0 Å². The van der Waals surface area contributed by atoms with Gasteiger partial charge in [0.2, 0.25) is 0 Å². The van der Waals surface area contributed by atoms with Crippen molar-refractivity contribution < 1.29 is 35.5 Å². The Labute approximate surface area is 142 Å². The molecule has 0 radical (unpaired) electrons. The van der Waals surface area contributed by atoms with Gasteiger partial charge in [-0.05, 0) is 30.3 Å². The standard InChI is InChI=1S/C16H11F7N2O/c17-11-7-4-8-12(9-11)24-14(15(18,19)20,16(21,22)23)25-13(26)10-5-2-1-3-6-10/h1-9,24H,(H,25,26). The molecule has 0 aliphatic carbocycles. The van der Waals surface area contributed by atoms with E-state index in [4.69, 9.17) is 0 Å². The molecule has 140 valence electrons. The predicted molar refractivity (Wildman–Crippen MR) is 78.8 cm³/mol. The number of rotatable bonds is 4. The number of hydrogen-bond acceptors (Lipinski definition) is 2. The van der Waals surface area contributed by atoms with Crippen LogP contribution in [-0.2, 0) is 0 Å². The van der Waals surface area contributed by atoms with E-state index in [1.54, 1.807) is 0 Å². The quantitative estimate of drug-likeness (QED) is 0.606. The first-order valence-corrected chi connectivity index (χ1v) is 7.01. The lowest BCUT2D eigenvalue weighted by Gasteiger charge is -2.39. The summed E-state index contributed by atoms with van der Waals surface area (Å²) in [6, 6.07) is 9.11. The second kappa shape index (κ2) is 6.85. The number of halogens is 7. The summed E-state index contributed by atoms with van der Waals surface area (Å²) in [5.41, 5.74) is -6.04. The van der Waals surface area contributed by atoms with Gasteiger partial charge in [-0.1, -0.05) is 24.3 Å². The Kier molecular flexibility index (Phi) is 5.15. The van der Waals surface area contributed by atoms with E-state index in [9.17, 15) is 35.5 Å². The molecule has 0 heterocycles. The van der Waals surface area contributed by atoms with Gasteiger partial charge in [0, 0.05) is 11.3 Å². The Bertz CT molecular complexity index is 758. The third-order valence-corrected chi connectivity index (χ3v) is 3.34. The summed E-state index contributed by atoms with van der Waals surface area (Å²) in [7, 11) is 0. The monoisotopic (exact) mass is 380 g/mol. The van der Waals surface area contributed by atoms with Crippen LogP contribution in [0.4, 0.5) is 36.4 Å². The minimum Gasteiger partial charge on any atom is -0.348 e. The number of amides is 1. The minimum atomic E-state index is -5.98. The first-order valence-electron chi connectivity index (χ1n) is 7.01. The maximum absolute atomic E-state index is 13.4. The summed E-state index contributed by atoms with van der Waals surface area (Å²) in [6.07, 6.45) is -12.0. The largest absolute Gasteiger partial charge is 0.439 e. The number of anilines is 1. The zero-order valence-electron chi connectivity index (χ0n) is 12.8. The molecule has 0 saturated heterocycles. The van der Waals surface area contributed by atoms with Gasteiger partial charge in [0.1, 0.15) is 5.82 Å². The number of benzene rings is 2. The molecule has 26 heavy (non-hydrogen) atoms. The van der Waals surface area contributed by atoms with Crippen molar-refractivity contribution in [2.24, 2.45) is 0 Å². The highest BCUT2D eigenvalue weighted by Gasteiger charge is 2.72. The van der Waals surface area contributed by atoms with E-state index in [2.05, 4.69) is 0 Å². The lowest BCUT2D eigenvalue weighted by Crippen LogP contribution is -2.72. The maximum Gasteiger partial charge on any atom is 0.439 e. The van der Waals surface area contributed by atoms with Gasteiger partial charge in [-0.3, -0.25) is 4.79 Å². The fraction of sp³-hybridized carbons (Fsp3) is 0.188. The zero-order valence-corrected chi connectivity index (χ0v) is 12.8. The Balaban J connectivity index is 2.51. The van der Waals surface area contributed by atoms with Gasteiger partial charge in [0.05, 0.1) is 0 Å². The normalized spacial score (nSPS) is 12.6. The third-order valence-electron chi connectivity index (χ3n) is 3.34. The van der Waals surface area contributed by atoms with E-state index >= 15 is 0 Å². The summed E-state index contributed by atoms with van der Waals surface area (Å²) in [4.78, 5) is 12.0. The van der Waals surface area contributed by atoms with Gasteiger partial charge in [-0.15, -0.1) is 0 Å². The molecule has 2 aromatic rings. The predicted octanol–water partition coefficient (Wildman–Crippen LogP) is 4.49. The SMILES string of the molecule is O=C(NC(Nc1cccc(F)c1)(C(F)(F)F)C(F)(F)F)c1ccccc1. The molecule has 0 fully saturated rings. The fourth-order valence-electron chi connectivity index (χ4n) is 2.09. The van der Waals surface area contributed by atoms with E-state index in [0.717, 1.165) is 35.6 Å². The highest BCUT2D eigenvalue weighted by Crippen LogP contribution is 2.43. The molecule has 0 bridgehead atoms. The number of nitrogens with one attached hydrogen (secondary N) is 2. The Morgan fingerprint density at radius 3 is 1.88 bits per heavy atom. The molecule has 0 aliphatic rings. The molecular formula is C16H11F7N2O. The van der Waals surface area contributed by atoms with Gasteiger partial charge in [0.25, 0.3) is 5.91 Å². The summed E-state index contributed by atoms with van der Waals surface area (Å²) in [5, 5.41) is 2.16. The molecular weight excluding hydrogens is 369 g/mol. The van der Waals surface area contributed by atoms with Crippen LogP contribution in [-0.4, -0.2) is 23.9 Å². The van der Waals surface area contributed by atoms with E-state index < -0.39 is 41.0 Å². The van der Waals surface area contributed by atoms with Crippen LogP contribution in [0.15, 0.2) is 54.6 Å². The van der Waals surface area contributed by atoms with Crippen molar-refractivity contribution in [1.29, 1.82) is 0 Å². The molecule has 2 rings (SSSR count). The molecule has 0 spiro atoms. The molecule has 0 atom stereocenters. The van der Waals surface area contributed by atoms with E-state index in [1.165, 1.54) is 23.5 Å². The molecule has 2 aromatic carbocycles. The molecule has 0 unspecified atom stereocenters. The average molecular weight is 380 g/mol. The lowest BCUT2D eigenvalue weighted by atomic mass is 10.1. The van der Waals surface area contributed by atoms with Gasteiger partial charge >= 0.3 is 18.0 Å². The number of carbonyl (C=O) groups is 1. The Morgan fingerprint density at radius 1 is 0.808 bits per heavy atom. The van der Waals surface area contributed by atoms with Crippen molar-refractivity contribution in [2.45, 2.75) is 18.0 Å². The Morgan fingerprint density at radius 2 is 1.38 bits per heavy atom. The van der Waals surface area contributed by atoms with Gasteiger partial charge < -0.3 is 10.6 Å². The van der Waals surface area contributed by atoms with E-state index in [1.807, 2.05) is 0 Å². The molecule has 1 amide bonds. The van der Waals surface area contributed by atoms with Crippen molar-refractivity contribution in [3.8, 4) is 0 Å². The van der Waals surface area contributed by atoms with Gasteiger partial charge in [-0.25, -0.2) is 4.39 Å². The summed E-state index contributed by atoms with van der Waals surface area (Å²) < 4.78 is 93.8. The van der Waals surface area contributed by atoms with Crippen molar-refractivity contribution >= 4 is 11.6 Å².